The Labute approximate surface area is 142 Å². The molecule has 0 radical (unpaired) electrons. The third kappa shape index (κ3) is 7.52. The van der Waals surface area contributed by atoms with E-state index >= 15 is 0 Å². The van der Waals surface area contributed by atoms with Gasteiger partial charge in [-0.05, 0) is 53.6 Å². The minimum absolute atomic E-state index is 0.200. The molecule has 0 unspecified atom stereocenters. The molecule has 1 aromatic carbocycles. The van der Waals surface area contributed by atoms with Gasteiger partial charge in [0.2, 0.25) is 0 Å². The van der Waals surface area contributed by atoms with Crippen molar-refractivity contribution in [1.82, 2.24) is 5.32 Å². The quantitative estimate of drug-likeness (QED) is 0.397. The maximum Gasteiger partial charge on any atom is 0.319 e. The number of benzene rings is 1. The molecule has 1 rings (SSSR count). The van der Waals surface area contributed by atoms with Crippen molar-refractivity contribution < 1.29 is 14.3 Å². The number of unbranched alkanes of at least 4 members (excludes halogenated alkanes) is 2. The summed E-state index contributed by atoms with van der Waals surface area (Å²) in [6, 6.07) is 5.13. The average molecular weight is 425 g/mol. The van der Waals surface area contributed by atoms with Crippen molar-refractivity contribution in [3.63, 3.8) is 0 Å². The van der Waals surface area contributed by atoms with E-state index in [1.54, 1.807) is 12.1 Å². The van der Waals surface area contributed by atoms with Crippen LogP contribution in [0.15, 0.2) is 18.2 Å². The van der Waals surface area contributed by atoms with Crippen molar-refractivity contribution >= 4 is 51.9 Å². The lowest BCUT2D eigenvalue weighted by atomic mass is 10.2. The van der Waals surface area contributed by atoms with Crippen molar-refractivity contribution in [2.24, 2.45) is 0 Å². The first-order valence-corrected chi connectivity index (χ1v) is 8.05. The number of halogens is 2. The van der Waals surface area contributed by atoms with Crippen LogP contribution in [0.3, 0.4) is 0 Å². The summed E-state index contributed by atoms with van der Waals surface area (Å²) >= 11 is 8.18. The lowest BCUT2D eigenvalue weighted by Crippen LogP contribution is -2.29. The van der Waals surface area contributed by atoms with Gasteiger partial charge in [-0.15, -0.1) is 0 Å². The Bertz CT molecular complexity index is 497. The Hall–Kier alpha value is -1.02. The molecule has 116 valence electrons. The summed E-state index contributed by atoms with van der Waals surface area (Å²) in [6.45, 7) is 0.551. The van der Waals surface area contributed by atoms with Crippen LogP contribution in [0.5, 0.6) is 0 Å². The second-order valence-electron chi connectivity index (χ2n) is 4.39. The average Bonchev–Trinajstić information content (AvgIpc) is 2.45. The first-order valence-electron chi connectivity index (χ1n) is 6.59. The number of urea groups is 1. The molecule has 7 heteroatoms. The van der Waals surface area contributed by atoms with Crippen LogP contribution in [-0.4, -0.2) is 25.7 Å². The summed E-state index contributed by atoms with van der Waals surface area (Å²) in [5.41, 5.74) is 0.584. The van der Waals surface area contributed by atoms with E-state index in [0.29, 0.717) is 23.7 Å². The van der Waals surface area contributed by atoms with E-state index in [4.69, 9.17) is 11.6 Å². The van der Waals surface area contributed by atoms with E-state index in [-0.39, 0.29) is 12.0 Å². The Balaban J connectivity index is 2.18. The lowest BCUT2D eigenvalue weighted by Gasteiger charge is -2.09. The van der Waals surface area contributed by atoms with Crippen molar-refractivity contribution in [3.05, 3.63) is 26.8 Å². The molecule has 0 bridgehead atoms. The zero-order valence-electron chi connectivity index (χ0n) is 11.7. The number of ether oxygens (including phenoxy) is 1. The Morgan fingerprint density at radius 3 is 2.71 bits per heavy atom. The van der Waals surface area contributed by atoms with Gasteiger partial charge in [-0.2, -0.15) is 0 Å². The predicted molar refractivity (Wildman–Crippen MR) is 91.7 cm³/mol. The first kappa shape index (κ1) is 18.0. The fourth-order valence-corrected chi connectivity index (χ4v) is 2.54. The summed E-state index contributed by atoms with van der Waals surface area (Å²) in [5.74, 6) is -0.200. The van der Waals surface area contributed by atoms with Gasteiger partial charge in [-0.25, -0.2) is 4.79 Å². The highest BCUT2D eigenvalue weighted by Crippen LogP contribution is 2.23. The molecule has 0 saturated carbocycles. The lowest BCUT2D eigenvalue weighted by molar-refractivity contribution is -0.140. The van der Waals surface area contributed by atoms with Crippen molar-refractivity contribution in [2.45, 2.75) is 25.7 Å². The van der Waals surface area contributed by atoms with Gasteiger partial charge in [0.1, 0.15) is 0 Å². The van der Waals surface area contributed by atoms with E-state index in [9.17, 15) is 9.59 Å². The molecular formula is C14H18ClIN2O3. The maximum absolute atomic E-state index is 11.7. The molecule has 0 spiro atoms. The van der Waals surface area contributed by atoms with Gasteiger partial charge in [-0.1, -0.05) is 18.0 Å². The highest BCUT2D eigenvalue weighted by atomic mass is 127. The zero-order chi connectivity index (χ0) is 15.7. The normalized spacial score (nSPS) is 10.0. The van der Waals surface area contributed by atoms with E-state index in [1.807, 2.05) is 6.07 Å². The molecule has 0 aliphatic heterocycles. The van der Waals surface area contributed by atoms with Crippen molar-refractivity contribution in [2.75, 3.05) is 19.0 Å². The second-order valence-corrected chi connectivity index (χ2v) is 6.04. The smallest absolute Gasteiger partial charge is 0.319 e. The number of carbonyl (C=O) groups excluding carboxylic acids is 2. The number of amides is 2. The molecule has 0 aliphatic carbocycles. The predicted octanol–water partition coefficient (Wildman–Crippen LogP) is 3.80. The molecule has 2 amide bonds. The third-order valence-electron chi connectivity index (χ3n) is 2.75. The molecule has 0 saturated heterocycles. The summed E-state index contributed by atoms with van der Waals surface area (Å²) in [7, 11) is 1.38. The summed E-state index contributed by atoms with van der Waals surface area (Å²) in [5, 5.41) is 5.95. The second kappa shape index (κ2) is 9.83. The number of hydrogen-bond acceptors (Lipinski definition) is 3. The third-order valence-corrected chi connectivity index (χ3v) is 3.73. The Kier molecular flexibility index (Phi) is 8.44. The first-order chi connectivity index (χ1) is 10.0. The number of anilines is 1. The fourth-order valence-electron chi connectivity index (χ4n) is 1.63. The number of carbonyl (C=O) groups is 2. The molecule has 21 heavy (non-hydrogen) atoms. The van der Waals surface area contributed by atoms with Crippen LogP contribution in [0.1, 0.15) is 25.7 Å². The number of methoxy groups -OCH3 is 1. The molecule has 0 heterocycles. The molecular weight excluding hydrogens is 407 g/mol. The van der Waals surface area contributed by atoms with Gasteiger partial charge in [0.05, 0.1) is 17.8 Å². The van der Waals surface area contributed by atoms with Crippen LogP contribution in [0.2, 0.25) is 5.02 Å². The van der Waals surface area contributed by atoms with Gasteiger partial charge in [0.25, 0.3) is 0 Å². The van der Waals surface area contributed by atoms with Crippen LogP contribution in [-0.2, 0) is 9.53 Å². The number of rotatable bonds is 7. The van der Waals surface area contributed by atoms with Gasteiger partial charge >= 0.3 is 12.0 Å². The summed E-state index contributed by atoms with van der Waals surface area (Å²) < 4.78 is 5.56. The van der Waals surface area contributed by atoms with Gasteiger partial charge in [0.15, 0.2) is 0 Å². The van der Waals surface area contributed by atoms with E-state index in [1.165, 1.54) is 7.11 Å². The topological polar surface area (TPSA) is 67.4 Å². The molecule has 0 fully saturated rings. The number of esters is 1. The monoisotopic (exact) mass is 424 g/mol. The van der Waals surface area contributed by atoms with Crippen LogP contribution < -0.4 is 10.6 Å². The van der Waals surface area contributed by atoms with E-state index in [0.717, 1.165) is 22.8 Å². The Morgan fingerprint density at radius 1 is 1.29 bits per heavy atom. The number of hydrogen-bond donors (Lipinski definition) is 2. The largest absolute Gasteiger partial charge is 0.469 e. The fraction of sp³-hybridized carbons (Fsp3) is 0.429. The standard InChI is InChI=1S/C14H18ClIN2O3/c1-21-13(19)5-3-2-4-8-17-14(20)18-12-7-6-10(16)9-11(12)15/h6-7,9H,2-5,8H2,1H3,(H2,17,18,20). The zero-order valence-corrected chi connectivity index (χ0v) is 14.7. The van der Waals surface area contributed by atoms with Crippen molar-refractivity contribution in [1.29, 1.82) is 0 Å². The van der Waals surface area contributed by atoms with Gasteiger partial charge < -0.3 is 15.4 Å². The Morgan fingerprint density at radius 2 is 2.05 bits per heavy atom. The SMILES string of the molecule is COC(=O)CCCCCNC(=O)Nc1ccc(I)cc1Cl. The highest BCUT2D eigenvalue weighted by Gasteiger charge is 2.05. The van der Waals surface area contributed by atoms with Crippen molar-refractivity contribution in [3.8, 4) is 0 Å². The van der Waals surface area contributed by atoms with Crippen LogP contribution >= 0.6 is 34.2 Å². The van der Waals surface area contributed by atoms with E-state index in [2.05, 4.69) is 38.0 Å². The van der Waals surface area contributed by atoms with Crippen LogP contribution in [0.25, 0.3) is 0 Å². The van der Waals surface area contributed by atoms with Gasteiger partial charge in [-0.3, -0.25) is 4.79 Å². The number of nitrogens with one attached hydrogen (secondary N) is 2. The summed E-state index contributed by atoms with van der Waals surface area (Å²) in [6.07, 6.45) is 2.85. The molecule has 0 aromatic heterocycles. The maximum atomic E-state index is 11.7. The minimum Gasteiger partial charge on any atom is -0.469 e. The molecule has 1 aromatic rings. The molecule has 0 atom stereocenters. The van der Waals surface area contributed by atoms with Gasteiger partial charge in [0, 0.05) is 16.5 Å². The highest BCUT2D eigenvalue weighted by molar-refractivity contribution is 14.1. The minimum atomic E-state index is -0.286. The molecule has 0 aliphatic rings. The molecule has 5 nitrogen and oxygen atoms in total. The summed E-state index contributed by atoms with van der Waals surface area (Å²) in [4.78, 5) is 22.6. The van der Waals surface area contributed by atoms with Crippen LogP contribution in [0, 0.1) is 3.57 Å². The van der Waals surface area contributed by atoms with E-state index < -0.39 is 0 Å². The molecule has 2 N–H and O–H groups in total. The van der Waals surface area contributed by atoms with Crippen LogP contribution in [0.4, 0.5) is 10.5 Å².